The summed E-state index contributed by atoms with van der Waals surface area (Å²) in [6.07, 6.45) is 3.36. The smallest absolute Gasteiger partial charge is 0.0822 e. The van der Waals surface area contributed by atoms with Gasteiger partial charge in [0.1, 0.15) is 0 Å². The molecule has 0 amide bonds. The van der Waals surface area contributed by atoms with Crippen molar-refractivity contribution in [3.8, 4) is 0 Å². The minimum Gasteiger partial charge on any atom is -0.369 e. The molecular weight excluding hydrogens is 186 g/mol. The molecule has 0 fully saturated rings. The number of anilines is 1. The van der Waals surface area contributed by atoms with Gasteiger partial charge in [-0.2, -0.15) is 0 Å². The molecule has 0 spiro atoms. The first-order valence-electron chi connectivity index (χ1n) is 4.19. The first-order valence-corrected chi connectivity index (χ1v) is 4.57. The largest absolute Gasteiger partial charge is 0.369 e. The van der Waals surface area contributed by atoms with E-state index >= 15 is 0 Å². The average molecular weight is 200 g/mol. The SMILES string of the molecule is CC(CN)N(C)c1ccncc1Cl. The van der Waals surface area contributed by atoms with E-state index < -0.39 is 0 Å². The van der Waals surface area contributed by atoms with E-state index in [-0.39, 0.29) is 6.04 Å². The van der Waals surface area contributed by atoms with Crippen molar-refractivity contribution in [1.29, 1.82) is 0 Å². The van der Waals surface area contributed by atoms with Crippen LogP contribution in [0.5, 0.6) is 0 Å². The number of likely N-dealkylation sites (N-methyl/N-ethyl adjacent to an activating group) is 1. The van der Waals surface area contributed by atoms with Crippen LogP contribution < -0.4 is 10.6 Å². The fourth-order valence-electron chi connectivity index (χ4n) is 1.05. The Balaban J connectivity index is 2.88. The number of aromatic nitrogens is 1. The summed E-state index contributed by atoms with van der Waals surface area (Å²) in [5.74, 6) is 0. The molecule has 1 aromatic rings. The summed E-state index contributed by atoms with van der Waals surface area (Å²) in [4.78, 5) is 5.97. The molecule has 3 nitrogen and oxygen atoms in total. The Bertz CT molecular complexity index is 277. The molecule has 72 valence electrons. The summed E-state index contributed by atoms with van der Waals surface area (Å²) in [6, 6.07) is 2.16. The van der Waals surface area contributed by atoms with Gasteiger partial charge in [0, 0.05) is 32.0 Å². The van der Waals surface area contributed by atoms with Crippen molar-refractivity contribution >= 4 is 17.3 Å². The first-order chi connectivity index (χ1) is 6.16. The van der Waals surface area contributed by atoms with Crippen molar-refractivity contribution in [2.45, 2.75) is 13.0 Å². The third-order valence-electron chi connectivity index (χ3n) is 2.13. The van der Waals surface area contributed by atoms with E-state index in [1.165, 1.54) is 0 Å². The molecule has 0 aromatic carbocycles. The maximum atomic E-state index is 5.98. The zero-order chi connectivity index (χ0) is 9.84. The van der Waals surface area contributed by atoms with Gasteiger partial charge < -0.3 is 10.6 Å². The van der Waals surface area contributed by atoms with Crippen LogP contribution in [0.15, 0.2) is 18.5 Å². The van der Waals surface area contributed by atoms with E-state index in [0.717, 1.165) is 5.69 Å². The van der Waals surface area contributed by atoms with Crippen LogP contribution in [0.25, 0.3) is 0 Å². The summed E-state index contributed by atoms with van der Waals surface area (Å²) in [5.41, 5.74) is 6.53. The Labute approximate surface area is 83.5 Å². The van der Waals surface area contributed by atoms with Gasteiger partial charge in [0.05, 0.1) is 10.7 Å². The highest BCUT2D eigenvalue weighted by Gasteiger charge is 2.10. The van der Waals surface area contributed by atoms with E-state index in [1.807, 2.05) is 18.0 Å². The summed E-state index contributed by atoms with van der Waals surface area (Å²) in [6.45, 7) is 2.66. The number of rotatable bonds is 3. The molecule has 0 aliphatic heterocycles. The quantitative estimate of drug-likeness (QED) is 0.803. The monoisotopic (exact) mass is 199 g/mol. The van der Waals surface area contributed by atoms with Crippen molar-refractivity contribution in [2.75, 3.05) is 18.5 Å². The van der Waals surface area contributed by atoms with Gasteiger partial charge >= 0.3 is 0 Å². The van der Waals surface area contributed by atoms with Gasteiger partial charge in [0.15, 0.2) is 0 Å². The molecule has 0 saturated carbocycles. The Morgan fingerprint density at radius 2 is 2.38 bits per heavy atom. The maximum absolute atomic E-state index is 5.98. The molecule has 1 heterocycles. The zero-order valence-corrected chi connectivity index (χ0v) is 8.62. The predicted molar refractivity (Wildman–Crippen MR) is 56.2 cm³/mol. The number of hydrogen-bond donors (Lipinski definition) is 1. The molecule has 1 unspecified atom stereocenters. The molecule has 0 aliphatic rings. The topological polar surface area (TPSA) is 42.1 Å². The Kier molecular flexibility index (Phi) is 3.51. The molecule has 1 aromatic heterocycles. The van der Waals surface area contributed by atoms with Crippen molar-refractivity contribution < 1.29 is 0 Å². The predicted octanol–water partition coefficient (Wildman–Crippen LogP) is 1.52. The van der Waals surface area contributed by atoms with Crippen LogP contribution in [0.2, 0.25) is 5.02 Å². The Hall–Kier alpha value is -0.800. The molecule has 1 rings (SSSR count). The maximum Gasteiger partial charge on any atom is 0.0822 e. The van der Waals surface area contributed by atoms with Crippen LogP contribution in [0.1, 0.15) is 6.92 Å². The van der Waals surface area contributed by atoms with Crippen molar-refractivity contribution in [1.82, 2.24) is 4.98 Å². The number of hydrogen-bond acceptors (Lipinski definition) is 3. The first kappa shape index (κ1) is 10.3. The van der Waals surface area contributed by atoms with Crippen LogP contribution in [0, 0.1) is 0 Å². The third kappa shape index (κ3) is 2.32. The minimum absolute atomic E-state index is 0.278. The second kappa shape index (κ2) is 4.44. The van der Waals surface area contributed by atoms with Gasteiger partial charge in [-0.15, -0.1) is 0 Å². The highest BCUT2D eigenvalue weighted by atomic mass is 35.5. The zero-order valence-electron chi connectivity index (χ0n) is 7.87. The van der Waals surface area contributed by atoms with E-state index in [0.29, 0.717) is 11.6 Å². The molecule has 0 bridgehead atoms. The second-order valence-corrected chi connectivity index (χ2v) is 3.43. The Morgan fingerprint density at radius 3 is 2.92 bits per heavy atom. The van der Waals surface area contributed by atoms with Crippen molar-refractivity contribution in [3.63, 3.8) is 0 Å². The number of halogens is 1. The third-order valence-corrected chi connectivity index (χ3v) is 2.42. The molecular formula is C9H14ClN3. The molecule has 4 heteroatoms. The van der Waals surface area contributed by atoms with E-state index in [4.69, 9.17) is 17.3 Å². The second-order valence-electron chi connectivity index (χ2n) is 3.02. The molecule has 13 heavy (non-hydrogen) atoms. The van der Waals surface area contributed by atoms with E-state index in [2.05, 4.69) is 11.9 Å². The van der Waals surface area contributed by atoms with Crippen LogP contribution in [0.3, 0.4) is 0 Å². The van der Waals surface area contributed by atoms with Gasteiger partial charge in [0.2, 0.25) is 0 Å². The van der Waals surface area contributed by atoms with Crippen LogP contribution in [0.4, 0.5) is 5.69 Å². The molecule has 0 radical (unpaired) electrons. The molecule has 2 N–H and O–H groups in total. The summed E-state index contributed by atoms with van der Waals surface area (Å²) >= 11 is 5.98. The summed E-state index contributed by atoms with van der Waals surface area (Å²) in [7, 11) is 1.97. The minimum atomic E-state index is 0.278. The van der Waals surface area contributed by atoms with Crippen LogP contribution in [-0.4, -0.2) is 24.6 Å². The van der Waals surface area contributed by atoms with Gasteiger partial charge in [-0.25, -0.2) is 0 Å². The number of pyridine rings is 1. The standard InChI is InChI=1S/C9H14ClN3/c1-7(5-11)13(2)9-3-4-12-6-8(9)10/h3-4,6-7H,5,11H2,1-2H3. The van der Waals surface area contributed by atoms with E-state index in [9.17, 15) is 0 Å². The van der Waals surface area contributed by atoms with Gasteiger partial charge in [-0.1, -0.05) is 11.6 Å². The van der Waals surface area contributed by atoms with Gasteiger partial charge in [-0.3, -0.25) is 4.98 Å². The fourth-order valence-corrected chi connectivity index (χ4v) is 1.30. The lowest BCUT2D eigenvalue weighted by atomic mass is 10.2. The normalized spacial score (nSPS) is 12.6. The van der Waals surface area contributed by atoms with Gasteiger partial charge in [0.25, 0.3) is 0 Å². The molecule has 1 atom stereocenters. The highest BCUT2D eigenvalue weighted by Crippen LogP contribution is 2.23. The fraction of sp³-hybridized carbons (Fsp3) is 0.444. The van der Waals surface area contributed by atoms with Gasteiger partial charge in [-0.05, 0) is 13.0 Å². The lowest BCUT2D eigenvalue weighted by Gasteiger charge is -2.26. The Morgan fingerprint density at radius 1 is 1.69 bits per heavy atom. The van der Waals surface area contributed by atoms with Crippen LogP contribution >= 0.6 is 11.6 Å². The lowest BCUT2D eigenvalue weighted by molar-refractivity contribution is 0.695. The van der Waals surface area contributed by atoms with Crippen molar-refractivity contribution in [2.24, 2.45) is 5.73 Å². The summed E-state index contributed by atoms with van der Waals surface area (Å²) < 4.78 is 0. The van der Waals surface area contributed by atoms with E-state index in [1.54, 1.807) is 12.4 Å². The lowest BCUT2D eigenvalue weighted by Crippen LogP contribution is -2.35. The van der Waals surface area contributed by atoms with Crippen LogP contribution in [-0.2, 0) is 0 Å². The van der Waals surface area contributed by atoms with Crippen molar-refractivity contribution in [3.05, 3.63) is 23.5 Å². The number of nitrogens with zero attached hydrogens (tertiary/aromatic N) is 2. The summed E-state index contributed by atoms with van der Waals surface area (Å²) in [5, 5.41) is 0.658. The highest BCUT2D eigenvalue weighted by molar-refractivity contribution is 6.33. The molecule has 0 aliphatic carbocycles. The number of nitrogens with two attached hydrogens (primary N) is 1. The average Bonchev–Trinajstić information content (AvgIpc) is 2.16. The molecule has 0 saturated heterocycles.